The largest absolute Gasteiger partial charge is 0.444 e. The van der Waals surface area contributed by atoms with Crippen molar-refractivity contribution < 1.29 is 14.3 Å². The highest BCUT2D eigenvalue weighted by atomic mass is 16.6. The summed E-state index contributed by atoms with van der Waals surface area (Å²) in [6.07, 6.45) is 5.38. The van der Waals surface area contributed by atoms with E-state index >= 15 is 0 Å². The molecule has 6 heteroatoms. The van der Waals surface area contributed by atoms with Crippen LogP contribution in [0.5, 0.6) is 0 Å². The number of carbonyl (C=O) groups excluding carboxylic acids is 2. The zero-order valence-electron chi connectivity index (χ0n) is 13.3. The van der Waals surface area contributed by atoms with Crippen molar-refractivity contribution in [3.05, 3.63) is 0 Å². The van der Waals surface area contributed by atoms with Crippen LogP contribution in [0, 0.1) is 0 Å². The van der Waals surface area contributed by atoms with Gasteiger partial charge in [-0.05, 0) is 33.6 Å². The third kappa shape index (κ3) is 3.87. The Balaban J connectivity index is 1.91. The molecular formula is C15H27N3O3. The third-order valence-electron chi connectivity index (χ3n) is 4.13. The highest BCUT2D eigenvalue weighted by Crippen LogP contribution is 2.27. The molecule has 2 fully saturated rings. The van der Waals surface area contributed by atoms with Crippen molar-refractivity contribution in [2.45, 2.75) is 70.1 Å². The number of hydrogen-bond donors (Lipinski definition) is 2. The Morgan fingerprint density at radius 1 is 1.19 bits per heavy atom. The van der Waals surface area contributed by atoms with E-state index in [1.54, 1.807) is 0 Å². The van der Waals surface area contributed by atoms with E-state index in [9.17, 15) is 9.59 Å². The van der Waals surface area contributed by atoms with Crippen molar-refractivity contribution >= 4 is 12.0 Å². The van der Waals surface area contributed by atoms with Gasteiger partial charge in [-0.2, -0.15) is 0 Å². The molecule has 2 rings (SSSR count). The molecule has 2 aliphatic rings. The number of ether oxygens (including phenoxy) is 1. The van der Waals surface area contributed by atoms with Crippen molar-refractivity contribution in [2.75, 3.05) is 13.1 Å². The zero-order chi connectivity index (χ0) is 15.7. The van der Waals surface area contributed by atoms with Crippen LogP contribution >= 0.6 is 0 Å². The molecule has 2 amide bonds. The van der Waals surface area contributed by atoms with Crippen molar-refractivity contribution in [1.29, 1.82) is 0 Å². The van der Waals surface area contributed by atoms with Crippen LogP contribution in [0.15, 0.2) is 0 Å². The molecule has 1 aliphatic carbocycles. The molecule has 21 heavy (non-hydrogen) atoms. The molecule has 120 valence electrons. The molecule has 3 N–H and O–H groups in total. The molecule has 1 saturated heterocycles. The van der Waals surface area contributed by atoms with Crippen LogP contribution in [-0.2, 0) is 9.53 Å². The summed E-state index contributed by atoms with van der Waals surface area (Å²) < 4.78 is 5.31. The van der Waals surface area contributed by atoms with Gasteiger partial charge >= 0.3 is 6.09 Å². The molecule has 1 aliphatic heterocycles. The fourth-order valence-corrected chi connectivity index (χ4v) is 3.02. The van der Waals surface area contributed by atoms with Crippen molar-refractivity contribution in [3.8, 4) is 0 Å². The van der Waals surface area contributed by atoms with E-state index in [-0.39, 0.29) is 12.0 Å². The summed E-state index contributed by atoms with van der Waals surface area (Å²) >= 11 is 0. The zero-order valence-corrected chi connectivity index (χ0v) is 13.3. The lowest BCUT2D eigenvalue weighted by molar-refractivity contribution is -0.132. The molecule has 0 aromatic rings. The maximum atomic E-state index is 12.0. The third-order valence-corrected chi connectivity index (χ3v) is 4.13. The molecule has 0 atom stereocenters. The Labute approximate surface area is 126 Å². The van der Waals surface area contributed by atoms with Crippen molar-refractivity contribution in [3.63, 3.8) is 0 Å². The standard InChI is InChI=1S/C15H27N3O3/c1-14(2,3)21-13(20)18-9-15(10-18,12(16)19)17-11-7-5-4-6-8-11/h11,17H,4-10H2,1-3H3,(H2,16,19). The Bertz CT molecular complexity index is 405. The molecule has 1 saturated carbocycles. The number of rotatable bonds is 3. The Morgan fingerprint density at radius 2 is 1.76 bits per heavy atom. The van der Waals surface area contributed by atoms with Gasteiger partial charge in [0.25, 0.3) is 0 Å². The normalized spacial score (nSPS) is 22.5. The van der Waals surface area contributed by atoms with Crippen molar-refractivity contribution in [2.24, 2.45) is 5.73 Å². The number of carbonyl (C=O) groups is 2. The predicted molar refractivity (Wildman–Crippen MR) is 79.7 cm³/mol. The van der Waals surface area contributed by atoms with Crippen LogP contribution in [0.2, 0.25) is 0 Å². The highest BCUT2D eigenvalue weighted by molar-refractivity contribution is 5.89. The molecule has 0 unspecified atom stereocenters. The van der Waals surface area contributed by atoms with Gasteiger partial charge in [0, 0.05) is 6.04 Å². The van der Waals surface area contributed by atoms with Crippen molar-refractivity contribution in [1.82, 2.24) is 10.2 Å². The quantitative estimate of drug-likeness (QED) is 0.824. The van der Waals surface area contributed by atoms with Gasteiger partial charge in [0.1, 0.15) is 11.1 Å². The first-order chi connectivity index (χ1) is 9.72. The minimum absolute atomic E-state index is 0.299. The van der Waals surface area contributed by atoms with Gasteiger partial charge in [-0.25, -0.2) is 4.79 Å². The molecule has 1 heterocycles. The number of likely N-dealkylation sites (tertiary alicyclic amines) is 1. The number of primary amides is 1. The van der Waals surface area contributed by atoms with Crippen LogP contribution in [0.1, 0.15) is 52.9 Å². The second-order valence-corrected chi connectivity index (χ2v) is 7.26. The first kappa shape index (κ1) is 16.1. The summed E-state index contributed by atoms with van der Waals surface area (Å²) in [5.41, 5.74) is 4.25. The number of nitrogens with two attached hydrogens (primary N) is 1. The van der Waals surface area contributed by atoms with Crippen LogP contribution in [0.4, 0.5) is 4.79 Å². The van der Waals surface area contributed by atoms with Gasteiger partial charge in [0.15, 0.2) is 0 Å². The molecular weight excluding hydrogens is 270 g/mol. The second kappa shape index (κ2) is 5.83. The average molecular weight is 297 g/mol. The van der Waals surface area contributed by atoms with E-state index in [1.807, 2.05) is 20.8 Å². The molecule has 0 spiro atoms. The topological polar surface area (TPSA) is 84.7 Å². The number of nitrogens with one attached hydrogen (secondary N) is 1. The summed E-state index contributed by atoms with van der Waals surface area (Å²) in [6.45, 7) is 6.08. The summed E-state index contributed by atoms with van der Waals surface area (Å²) in [5.74, 6) is -0.382. The first-order valence-corrected chi connectivity index (χ1v) is 7.77. The van der Waals surface area contributed by atoms with Gasteiger partial charge in [0.05, 0.1) is 13.1 Å². The van der Waals surface area contributed by atoms with E-state index in [0.717, 1.165) is 12.8 Å². The first-order valence-electron chi connectivity index (χ1n) is 7.77. The van der Waals surface area contributed by atoms with E-state index < -0.39 is 11.1 Å². The fraction of sp³-hybridized carbons (Fsp3) is 0.867. The van der Waals surface area contributed by atoms with Crippen LogP contribution < -0.4 is 11.1 Å². The molecule has 0 bridgehead atoms. The summed E-state index contributed by atoms with van der Waals surface area (Å²) in [5, 5.41) is 3.39. The lowest BCUT2D eigenvalue weighted by atomic mass is 9.85. The number of amides is 2. The average Bonchev–Trinajstić information content (AvgIpc) is 2.31. The summed E-state index contributed by atoms with van der Waals surface area (Å²) in [6, 6.07) is 0.326. The minimum Gasteiger partial charge on any atom is -0.444 e. The van der Waals surface area contributed by atoms with E-state index in [4.69, 9.17) is 10.5 Å². The van der Waals surface area contributed by atoms with Crippen LogP contribution in [0.3, 0.4) is 0 Å². The minimum atomic E-state index is -0.779. The monoisotopic (exact) mass is 297 g/mol. The maximum absolute atomic E-state index is 12.0. The Morgan fingerprint density at radius 3 is 2.24 bits per heavy atom. The Hall–Kier alpha value is -1.30. The highest BCUT2D eigenvalue weighted by Gasteiger charge is 2.51. The molecule has 0 radical (unpaired) electrons. The van der Waals surface area contributed by atoms with E-state index in [0.29, 0.717) is 19.1 Å². The Kier molecular flexibility index (Phi) is 4.46. The van der Waals surface area contributed by atoms with E-state index in [1.165, 1.54) is 24.2 Å². The summed E-state index contributed by atoms with van der Waals surface area (Å²) in [7, 11) is 0. The summed E-state index contributed by atoms with van der Waals surface area (Å²) in [4.78, 5) is 25.3. The van der Waals surface area contributed by atoms with Crippen LogP contribution in [0.25, 0.3) is 0 Å². The fourth-order valence-electron chi connectivity index (χ4n) is 3.02. The predicted octanol–water partition coefficient (Wildman–Crippen LogP) is 1.38. The lowest BCUT2D eigenvalue weighted by Crippen LogP contribution is -2.77. The van der Waals surface area contributed by atoms with Crippen LogP contribution in [-0.4, -0.2) is 47.2 Å². The SMILES string of the molecule is CC(C)(C)OC(=O)N1CC(NC2CCCCC2)(C(N)=O)C1. The number of nitrogens with zero attached hydrogens (tertiary/aromatic N) is 1. The molecule has 0 aromatic carbocycles. The van der Waals surface area contributed by atoms with Gasteiger partial charge < -0.3 is 15.4 Å². The van der Waals surface area contributed by atoms with Gasteiger partial charge in [-0.1, -0.05) is 19.3 Å². The van der Waals surface area contributed by atoms with Gasteiger partial charge in [-0.15, -0.1) is 0 Å². The lowest BCUT2D eigenvalue weighted by Gasteiger charge is -2.50. The second-order valence-electron chi connectivity index (χ2n) is 7.26. The molecule has 0 aromatic heterocycles. The number of hydrogen-bond acceptors (Lipinski definition) is 4. The van der Waals surface area contributed by atoms with E-state index in [2.05, 4.69) is 5.32 Å². The van der Waals surface area contributed by atoms with Gasteiger partial charge in [0.2, 0.25) is 5.91 Å². The van der Waals surface area contributed by atoms with Gasteiger partial charge in [-0.3, -0.25) is 10.1 Å². The maximum Gasteiger partial charge on any atom is 0.410 e. The molecule has 6 nitrogen and oxygen atoms in total. The smallest absolute Gasteiger partial charge is 0.410 e.